The van der Waals surface area contributed by atoms with Gasteiger partial charge in [0.2, 0.25) is 0 Å². The minimum Gasteiger partial charge on any atom is -0.127 e. The van der Waals surface area contributed by atoms with E-state index in [2.05, 4.69) is 26.0 Å². The predicted octanol–water partition coefficient (Wildman–Crippen LogP) is 3.36. The summed E-state index contributed by atoms with van der Waals surface area (Å²) in [5.41, 5.74) is 1.47. The van der Waals surface area contributed by atoms with Crippen molar-refractivity contribution in [1.82, 2.24) is 0 Å². The second-order valence-corrected chi connectivity index (χ2v) is 3.77. The van der Waals surface area contributed by atoms with Crippen molar-refractivity contribution in [3.63, 3.8) is 0 Å². The Balaban J connectivity index is 2.56. The van der Waals surface area contributed by atoms with E-state index >= 15 is 0 Å². The van der Waals surface area contributed by atoms with Gasteiger partial charge in [-0.3, -0.25) is 0 Å². The second kappa shape index (κ2) is 3.87. The van der Waals surface area contributed by atoms with Gasteiger partial charge in [-0.2, -0.15) is 0 Å². The van der Waals surface area contributed by atoms with E-state index in [9.17, 15) is 0 Å². The molecule has 0 aromatic heterocycles. The lowest BCUT2D eigenvalue weighted by Crippen LogP contribution is -1.87. The quantitative estimate of drug-likeness (QED) is 0.587. The van der Waals surface area contributed by atoms with Crippen LogP contribution in [0.1, 0.15) is 26.7 Å². The van der Waals surface area contributed by atoms with Crippen LogP contribution in [0, 0.1) is 0 Å². The predicted molar refractivity (Wildman–Crippen MR) is 49.2 cm³/mol. The van der Waals surface area contributed by atoms with Crippen molar-refractivity contribution < 1.29 is 0 Å². The Morgan fingerprint density at radius 2 is 2.10 bits per heavy atom. The van der Waals surface area contributed by atoms with Crippen molar-refractivity contribution >= 4 is 11.8 Å². The van der Waals surface area contributed by atoms with Crippen molar-refractivity contribution in [2.24, 2.45) is 0 Å². The maximum Gasteiger partial charge on any atom is 0.00581 e. The maximum absolute atomic E-state index is 2.35. The third-order valence-electron chi connectivity index (χ3n) is 1.64. The summed E-state index contributed by atoms with van der Waals surface area (Å²) in [6, 6.07) is 0. The van der Waals surface area contributed by atoms with E-state index in [4.69, 9.17) is 0 Å². The van der Waals surface area contributed by atoms with Crippen molar-refractivity contribution in [3.8, 4) is 0 Å². The first-order valence-electron chi connectivity index (χ1n) is 3.84. The molecule has 0 fully saturated rings. The zero-order valence-electron chi connectivity index (χ0n) is 6.68. The molecule has 0 radical (unpaired) electrons. The van der Waals surface area contributed by atoms with Crippen LogP contribution in [0.15, 0.2) is 22.6 Å². The Kier molecular flexibility index (Phi) is 3.07. The lowest BCUT2D eigenvalue weighted by atomic mass is 10.1. The van der Waals surface area contributed by atoms with Gasteiger partial charge in [-0.25, -0.2) is 0 Å². The average molecular weight is 154 g/mol. The molecule has 0 aromatic rings. The van der Waals surface area contributed by atoms with Crippen LogP contribution in [0.5, 0.6) is 0 Å². The highest BCUT2D eigenvalue weighted by atomic mass is 32.2. The number of hydrogen-bond acceptors (Lipinski definition) is 1. The SMILES string of the molecule is CCSC1=CCCC=C1C. The zero-order valence-corrected chi connectivity index (χ0v) is 7.50. The molecule has 0 heterocycles. The lowest BCUT2D eigenvalue weighted by molar-refractivity contribution is 1.01. The molecular weight excluding hydrogens is 140 g/mol. The van der Waals surface area contributed by atoms with Gasteiger partial charge in [-0.05, 0) is 31.1 Å². The highest BCUT2D eigenvalue weighted by Crippen LogP contribution is 2.27. The zero-order chi connectivity index (χ0) is 7.40. The Labute approximate surface area is 67.4 Å². The Morgan fingerprint density at radius 1 is 1.40 bits per heavy atom. The van der Waals surface area contributed by atoms with Crippen LogP contribution in [0.3, 0.4) is 0 Å². The first-order chi connectivity index (χ1) is 4.84. The molecule has 0 atom stereocenters. The standard InChI is InChI=1S/C9H14S/c1-3-10-9-7-5-4-6-8(9)2/h6-7H,3-5H2,1-2H3. The minimum atomic E-state index is 1.19. The molecule has 0 aliphatic heterocycles. The largest absolute Gasteiger partial charge is 0.127 e. The molecule has 0 amide bonds. The summed E-state index contributed by atoms with van der Waals surface area (Å²) in [6.07, 6.45) is 7.15. The minimum absolute atomic E-state index is 1.19. The molecule has 0 N–H and O–H groups in total. The first-order valence-corrected chi connectivity index (χ1v) is 4.83. The summed E-state index contributed by atoms with van der Waals surface area (Å²) in [7, 11) is 0. The van der Waals surface area contributed by atoms with Gasteiger partial charge >= 0.3 is 0 Å². The van der Waals surface area contributed by atoms with Crippen LogP contribution in [0.4, 0.5) is 0 Å². The van der Waals surface area contributed by atoms with Crippen LogP contribution in [0.25, 0.3) is 0 Å². The highest BCUT2D eigenvalue weighted by molar-refractivity contribution is 8.03. The molecule has 1 aliphatic rings. The molecule has 0 spiro atoms. The van der Waals surface area contributed by atoms with E-state index < -0.39 is 0 Å². The van der Waals surface area contributed by atoms with E-state index in [1.165, 1.54) is 29.1 Å². The van der Waals surface area contributed by atoms with E-state index in [-0.39, 0.29) is 0 Å². The van der Waals surface area contributed by atoms with Crippen molar-refractivity contribution in [2.75, 3.05) is 5.75 Å². The molecule has 0 saturated heterocycles. The number of allylic oxidation sites excluding steroid dienone is 3. The van der Waals surface area contributed by atoms with Crippen molar-refractivity contribution in [2.45, 2.75) is 26.7 Å². The number of rotatable bonds is 2. The molecular formula is C9H14S. The van der Waals surface area contributed by atoms with Gasteiger partial charge in [0, 0.05) is 4.91 Å². The third kappa shape index (κ3) is 1.91. The van der Waals surface area contributed by atoms with Gasteiger partial charge in [-0.1, -0.05) is 19.1 Å². The van der Waals surface area contributed by atoms with Gasteiger partial charge in [0.05, 0.1) is 0 Å². The van der Waals surface area contributed by atoms with E-state index in [0.29, 0.717) is 0 Å². The monoisotopic (exact) mass is 154 g/mol. The fraction of sp³-hybridized carbons (Fsp3) is 0.556. The normalized spacial score (nSPS) is 18.2. The van der Waals surface area contributed by atoms with Crippen LogP contribution in [-0.2, 0) is 0 Å². The molecule has 0 bridgehead atoms. The average Bonchev–Trinajstić information content (AvgIpc) is 1.94. The summed E-state index contributed by atoms with van der Waals surface area (Å²) >= 11 is 1.95. The summed E-state index contributed by atoms with van der Waals surface area (Å²) in [6.45, 7) is 4.40. The number of thioether (sulfide) groups is 1. The van der Waals surface area contributed by atoms with Crippen LogP contribution in [-0.4, -0.2) is 5.75 Å². The van der Waals surface area contributed by atoms with E-state index in [1.807, 2.05) is 11.8 Å². The Bertz CT molecular complexity index is 166. The molecule has 0 unspecified atom stereocenters. The summed E-state index contributed by atoms with van der Waals surface area (Å²) in [5, 5.41) is 0. The van der Waals surface area contributed by atoms with Gasteiger partial charge < -0.3 is 0 Å². The molecule has 1 aliphatic carbocycles. The van der Waals surface area contributed by atoms with E-state index in [0.717, 1.165) is 0 Å². The summed E-state index contributed by atoms with van der Waals surface area (Å²) < 4.78 is 0. The maximum atomic E-state index is 2.35. The molecule has 1 rings (SSSR count). The Hall–Kier alpha value is -0.170. The Morgan fingerprint density at radius 3 is 2.70 bits per heavy atom. The van der Waals surface area contributed by atoms with Gasteiger partial charge in [0.15, 0.2) is 0 Å². The topological polar surface area (TPSA) is 0 Å². The van der Waals surface area contributed by atoms with Crippen LogP contribution in [0.2, 0.25) is 0 Å². The molecule has 0 saturated carbocycles. The van der Waals surface area contributed by atoms with Crippen molar-refractivity contribution in [1.29, 1.82) is 0 Å². The smallest absolute Gasteiger partial charge is 0.00581 e. The highest BCUT2D eigenvalue weighted by Gasteiger charge is 2.02. The number of hydrogen-bond donors (Lipinski definition) is 0. The third-order valence-corrected chi connectivity index (χ3v) is 2.72. The molecule has 10 heavy (non-hydrogen) atoms. The van der Waals surface area contributed by atoms with Gasteiger partial charge in [0.1, 0.15) is 0 Å². The fourth-order valence-corrected chi connectivity index (χ4v) is 1.96. The second-order valence-electron chi connectivity index (χ2n) is 2.47. The van der Waals surface area contributed by atoms with Gasteiger partial charge in [-0.15, -0.1) is 11.8 Å². The lowest BCUT2D eigenvalue weighted by Gasteiger charge is -2.10. The van der Waals surface area contributed by atoms with Crippen LogP contribution >= 0.6 is 11.8 Å². The molecule has 56 valence electrons. The van der Waals surface area contributed by atoms with E-state index in [1.54, 1.807) is 0 Å². The first kappa shape index (κ1) is 7.93. The molecule has 0 aromatic carbocycles. The molecule has 1 heteroatoms. The summed E-state index contributed by atoms with van der Waals surface area (Å²) in [4.78, 5) is 1.49. The molecule has 0 nitrogen and oxygen atoms in total. The summed E-state index contributed by atoms with van der Waals surface area (Å²) in [5.74, 6) is 1.19. The van der Waals surface area contributed by atoms with Crippen molar-refractivity contribution in [3.05, 3.63) is 22.6 Å². The van der Waals surface area contributed by atoms with Crippen LogP contribution < -0.4 is 0 Å². The fourth-order valence-electron chi connectivity index (χ4n) is 1.10. The van der Waals surface area contributed by atoms with Gasteiger partial charge in [0.25, 0.3) is 0 Å².